The van der Waals surface area contributed by atoms with Gasteiger partial charge in [0.15, 0.2) is 0 Å². The number of carbonyl (C=O) groups is 1. The highest BCUT2D eigenvalue weighted by atomic mass is 16.3. The summed E-state index contributed by atoms with van der Waals surface area (Å²) in [5.74, 6) is 0.533. The summed E-state index contributed by atoms with van der Waals surface area (Å²) in [6.07, 6.45) is 2.25. The maximum Gasteiger partial charge on any atom is 0.241 e. The molecule has 0 aliphatic heterocycles. The van der Waals surface area contributed by atoms with Crippen molar-refractivity contribution in [3.63, 3.8) is 0 Å². The van der Waals surface area contributed by atoms with Crippen molar-refractivity contribution in [1.82, 2.24) is 5.32 Å². The molecule has 1 amide bonds. The number of nitriles is 1. The topological polar surface area (TPSA) is 66.0 Å². The number of rotatable bonds is 3. The van der Waals surface area contributed by atoms with Gasteiger partial charge in [0, 0.05) is 5.39 Å². The summed E-state index contributed by atoms with van der Waals surface area (Å²) < 4.78 is 5.73. The molecule has 0 saturated heterocycles. The molecule has 1 aliphatic rings. The fraction of sp³-hybridized carbons (Fsp3) is 0.375. The Balaban J connectivity index is 1.77. The molecule has 0 bridgehead atoms. The third-order valence-electron chi connectivity index (χ3n) is 4.07. The fourth-order valence-electron chi connectivity index (χ4n) is 2.54. The first-order valence-corrected chi connectivity index (χ1v) is 6.85. The van der Waals surface area contributed by atoms with Crippen LogP contribution >= 0.6 is 0 Å². The predicted octanol–water partition coefficient (Wildman–Crippen LogP) is 3.30. The summed E-state index contributed by atoms with van der Waals surface area (Å²) in [5, 5.41) is 13.1. The smallest absolute Gasteiger partial charge is 0.241 e. The van der Waals surface area contributed by atoms with E-state index in [1.54, 1.807) is 0 Å². The lowest BCUT2D eigenvalue weighted by atomic mass is 9.69. The Morgan fingerprint density at radius 3 is 2.80 bits per heavy atom. The minimum absolute atomic E-state index is 0.181. The first-order chi connectivity index (χ1) is 9.64. The van der Waals surface area contributed by atoms with Crippen molar-refractivity contribution in [1.29, 1.82) is 5.26 Å². The molecule has 4 heteroatoms. The van der Waals surface area contributed by atoms with Gasteiger partial charge in [0.2, 0.25) is 5.91 Å². The van der Waals surface area contributed by atoms with Crippen molar-refractivity contribution in [3.05, 3.63) is 36.1 Å². The predicted molar refractivity (Wildman–Crippen MR) is 74.7 cm³/mol. The first-order valence-electron chi connectivity index (χ1n) is 6.85. The summed E-state index contributed by atoms with van der Waals surface area (Å²) in [6, 6.07) is 11.6. The van der Waals surface area contributed by atoms with Crippen molar-refractivity contribution >= 4 is 16.9 Å². The number of hydrogen-bond donors (Lipinski definition) is 1. The van der Waals surface area contributed by atoms with E-state index in [2.05, 4.69) is 11.4 Å². The molecule has 20 heavy (non-hydrogen) atoms. The number of para-hydroxylation sites is 1. The second-order valence-electron chi connectivity index (χ2n) is 5.43. The van der Waals surface area contributed by atoms with Crippen LogP contribution in [0.4, 0.5) is 0 Å². The van der Waals surface area contributed by atoms with E-state index in [1.165, 1.54) is 0 Å². The number of nitrogens with zero attached hydrogens (tertiary/aromatic N) is 1. The molecule has 2 aromatic rings. The van der Waals surface area contributed by atoms with Gasteiger partial charge in [-0.1, -0.05) is 18.2 Å². The maximum atomic E-state index is 12.2. The molecule has 102 valence electrons. The molecule has 0 unspecified atom stereocenters. The molecule has 4 nitrogen and oxygen atoms in total. The SMILES string of the molecule is C[C@H](NC(=O)C1(C#N)CCC1)c1cc2ccccc2o1. The molecule has 1 saturated carbocycles. The normalized spacial score (nSPS) is 18.0. The van der Waals surface area contributed by atoms with E-state index in [-0.39, 0.29) is 11.9 Å². The van der Waals surface area contributed by atoms with E-state index < -0.39 is 5.41 Å². The lowest BCUT2D eigenvalue weighted by molar-refractivity contribution is -0.132. The molecular weight excluding hydrogens is 252 g/mol. The first kappa shape index (κ1) is 12.7. The molecule has 1 fully saturated rings. The van der Waals surface area contributed by atoms with Crippen LogP contribution in [0, 0.1) is 16.7 Å². The van der Waals surface area contributed by atoms with Gasteiger partial charge in [0.1, 0.15) is 16.8 Å². The Bertz CT molecular complexity index is 659. The Labute approximate surface area is 117 Å². The van der Waals surface area contributed by atoms with Gasteiger partial charge < -0.3 is 9.73 Å². The molecule has 1 aromatic heterocycles. The summed E-state index contributed by atoms with van der Waals surface area (Å²) in [5.41, 5.74) is -0.0115. The van der Waals surface area contributed by atoms with Gasteiger partial charge in [0.25, 0.3) is 0 Å². The van der Waals surface area contributed by atoms with E-state index >= 15 is 0 Å². The molecule has 0 spiro atoms. The van der Waals surface area contributed by atoms with Crippen molar-refractivity contribution in [2.75, 3.05) is 0 Å². The highest BCUT2D eigenvalue weighted by Crippen LogP contribution is 2.40. The molecule has 1 N–H and O–H groups in total. The van der Waals surface area contributed by atoms with Crippen molar-refractivity contribution in [3.8, 4) is 6.07 Å². The van der Waals surface area contributed by atoms with Crippen LogP contribution < -0.4 is 5.32 Å². The Kier molecular flexibility index (Phi) is 2.98. The van der Waals surface area contributed by atoms with Crippen molar-refractivity contribution in [2.45, 2.75) is 32.2 Å². The van der Waals surface area contributed by atoms with Gasteiger partial charge in [-0.2, -0.15) is 5.26 Å². The molecule has 1 aliphatic carbocycles. The zero-order valence-corrected chi connectivity index (χ0v) is 11.3. The lowest BCUT2D eigenvalue weighted by Crippen LogP contribution is -2.45. The minimum Gasteiger partial charge on any atom is -0.459 e. The van der Waals surface area contributed by atoms with Crippen LogP contribution in [0.2, 0.25) is 0 Å². The van der Waals surface area contributed by atoms with E-state index in [4.69, 9.17) is 4.42 Å². The van der Waals surface area contributed by atoms with Crippen LogP contribution in [0.3, 0.4) is 0 Å². The van der Waals surface area contributed by atoms with Crippen LogP contribution in [0.1, 0.15) is 38.0 Å². The number of fused-ring (bicyclic) bond motifs is 1. The van der Waals surface area contributed by atoms with Crippen LogP contribution in [0.25, 0.3) is 11.0 Å². The quantitative estimate of drug-likeness (QED) is 0.928. The van der Waals surface area contributed by atoms with Gasteiger partial charge in [-0.3, -0.25) is 4.79 Å². The highest BCUT2D eigenvalue weighted by molar-refractivity contribution is 5.86. The van der Waals surface area contributed by atoms with Gasteiger partial charge >= 0.3 is 0 Å². The summed E-state index contributed by atoms with van der Waals surface area (Å²) in [6.45, 7) is 1.87. The lowest BCUT2D eigenvalue weighted by Gasteiger charge is -2.34. The van der Waals surface area contributed by atoms with E-state index in [0.717, 1.165) is 17.4 Å². The van der Waals surface area contributed by atoms with Gasteiger partial charge in [-0.25, -0.2) is 0 Å². The standard InChI is InChI=1S/C16H16N2O2/c1-11(18-15(19)16(10-17)7-4-8-16)14-9-12-5-2-3-6-13(12)20-14/h2-3,5-6,9,11H,4,7-8H2,1H3,(H,18,19)/t11-/m0/s1. The molecule has 3 rings (SSSR count). The highest BCUT2D eigenvalue weighted by Gasteiger charge is 2.45. The van der Waals surface area contributed by atoms with Crippen LogP contribution in [-0.2, 0) is 4.79 Å². The Hall–Kier alpha value is -2.28. The maximum absolute atomic E-state index is 12.2. The van der Waals surface area contributed by atoms with Crippen LogP contribution in [0.15, 0.2) is 34.7 Å². The summed E-state index contributed by atoms with van der Waals surface area (Å²) in [4.78, 5) is 12.2. The average molecular weight is 268 g/mol. The van der Waals surface area contributed by atoms with E-state index in [0.29, 0.717) is 18.6 Å². The summed E-state index contributed by atoms with van der Waals surface area (Å²) in [7, 11) is 0. The second kappa shape index (κ2) is 4.68. The number of amides is 1. The number of benzene rings is 1. The fourth-order valence-corrected chi connectivity index (χ4v) is 2.54. The zero-order valence-electron chi connectivity index (χ0n) is 11.3. The monoisotopic (exact) mass is 268 g/mol. The third kappa shape index (κ3) is 1.96. The zero-order chi connectivity index (χ0) is 14.2. The number of nitrogens with one attached hydrogen (secondary N) is 1. The average Bonchev–Trinajstić information content (AvgIpc) is 2.81. The van der Waals surface area contributed by atoms with Crippen molar-refractivity contribution in [2.24, 2.45) is 5.41 Å². The largest absolute Gasteiger partial charge is 0.459 e. The minimum atomic E-state index is -0.819. The van der Waals surface area contributed by atoms with Gasteiger partial charge in [-0.15, -0.1) is 0 Å². The van der Waals surface area contributed by atoms with E-state index in [1.807, 2.05) is 37.3 Å². The third-order valence-corrected chi connectivity index (χ3v) is 4.07. The molecular formula is C16H16N2O2. The number of hydrogen-bond acceptors (Lipinski definition) is 3. The van der Waals surface area contributed by atoms with E-state index in [9.17, 15) is 10.1 Å². The second-order valence-corrected chi connectivity index (χ2v) is 5.43. The summed E-state index contributed by atoms with van der Waals surface area (Å²) >= 11 is 0. The molecule has 0 radical (unpaired) electrons. The number of furan rings is 1. The van der Waals surface area contributed by atoms with Crippen molar-refractivity contribution < 1.29 is 9.21 Å². The van der Waals surface area contributed by atoms with Gasteiger partial charge in [-0.05, 0) is 38.3 Å². The Morgan fingerprint density at radius 1 is 1.45 bits per heavy atom. The van der Waals surface area contributed by atoms with Crippen LogP contribution in [0.5, 0.6) is 0 Å². The molecule has 1 aromatic carbocycles. The van der Waals surface area contributed by atoms with Gasteiger partial charge in [0.05, 0.1) is 12.1 Å². The van der Waals surface area contributed by atoms with Crippen LogP contribution in [-0.4, -0.2) is 5.91 Å². The number of carbonyl (C=O) groups excluding carboxylic acids is 1. The molecule has 1 atom stereocenters. The Morgan fingerprint density at radius 2 is 2.20 bits per heavy atom. The molecule has 1 heterocycles.